The van der Waals surface area contributed by atoms with Crippen LogP contribution >= 0.6 is 0 Å². The second-order valence-electron chi connectivity index (χ2n) is 12.9. The van der Waals surface area contributed by atoms with E-state index in [0.717, 1.165) is 34.1 Å². The molecule has 8 aromatic carbocycles. The van der Waals surface area contributed by atoms with Crippen LogP contribution in [0, 0.1) is 13.8 Å². The van der Waals surface area contributed by atoms with Crippen molar-refractivity contribution >= 4 is 55.7 Å². The first-order valence-corrected chi connectivity index (χ1v) is 16.6. The second kappa shape index (κ2) is 11.3. The molecule has 0 atom stereocenters. The van der Waals surface area contributed by atoms with Gasteiger partial charge in [-0.1, -0.05) is 72.8 Å². The third-order valence-corrected chi connectivity index (χ3v) is 9.57. The highest BCUT2D eigenvalue weighted by Gasteiger charge is 2.25. The van der Waals surface area contributed by atoms with E-state index in [-0.39, 0.29) is 0 Å². The highest BCUT2D eigenvalue weighted by molar-refractivity contribution is 6.12. The number of rotatable bonds is 6. The summed E-state index contributed by atoms with van der Waals surface area (Å²) in [6.07, 6.45) is 0. The fraction of sp³-hybridized carbons (Fsp3) is 0.0435. The third kappa shape index (κ3) is 4.82. The summed E-state index contributed by atoms with van der Waals surface area (Å²) in [5, 5.41) is 5.00. The van der Waals surface area contributed by atoms with E-state index in [2.05, 4.69) is 194 Å². The van der Waals surface area contributed by atoms with E-state index in [1.807, 2.05) is 0 Å². The number of para-hydroxylation sites is 2. The zero-order valence-corrected chi connectivity index (χ0v) is 27.1. The van der Waals surface area contributed by atoms with Crippen LogP contribution in [0.2, 0.25) is 0 Å². The van der Waals surface area contributed by atoms with Crippen LogP contribution < -0.4 is 9.80 Å². The van der Waals surface area contributed by atoms with Crippen molar-refractivity contribution in [1.82, 2.24) is 0 Å². The molecule has 0 amide bonds. The predicted octanol–water partition coefficient (Wildman–Crippen LogP) is 13.2. The van der Waals surface area contributed by atoms with Gasteiger partial charge in [-0.3, -0.25) is 0 Å². The minimum absolute atomic E-state index is 1.15. The van der Waals surface area contributed by atoms with Gasteiger partial charge < -0.3 is 9.80 Å². The Kier molecular flexibility index (Phi) is 6.62. The summed E-state index contributed by atoms with van der Waals surface area (Å²) in [5.41, 5.74) is 14.7. The molecule has 8 aromatic rings. The maximum atomic E-state index is 2.38. The van der Waals surface area contributed by atoms with Crippen LogP contribution in [0.4, 0.5) is 34.1 Å². The van der Waals surface area contributed by atoms with E-state index in [0.29, 0.717) is 0 Å². The normalized spacial score (nSPS) is 11.5. The van der Waals surface area contributed by atoms with E-state index in [4.69, 9.17) is 0 Å². The molecule has 9 rings (SSSR count). The summed E-state index contributed by atoms with van der Waals surface area (Å²) in [6, 6.07) is 61.9. The SMILES string of the molecule is Cc1cccc(N(c2ccccc2)c2ccc3cc4c(cc3c2)-c2cc3ccc(N(c5ccccc5)c5cccc(C)c5)cc3cc2-4)c1. The molecule has 2 heteroatoms. The number of nitrogens with zero attached hydrogens (tertiary/aromatic N) is 2. The summed E-state index contributed by atoms with van der Waals surface area (Å²) in [5.74, 6) is 0. The molecule has 0 fully saturated rings. The van der Waals surface area contributed by atoms with Gasteiger partial charge >= 0.3 is 0 Å². The lowest BCUT2D eigenvalue weighted by atomic mass is 9.78. The highest BCUT2D eigenvalue weighted by Crippen LogP contribution is 2.51. The first-order valence-electron chi connectivity index (χ1n) is 16.6. The largest absolute Gasteiger partial charge is 0.310 e. The standard InChI is InChI=1S/C46H34N2/c1-31-11-9-17-39(23-31)47(37-13-5-3-6-14-37)41-21-19-33-27-43-45(29-35(33)25-41)44-28-34-20-22-42(26-36(34)30-46(43)44)48(38-15-7-4-8-16-38)40-18-10-12-32(2)24-40/h3-30H,1-2H3. The molecule has 0 bridgehead atoms. The quantitative estimate of drug-likeness (QED) is 0.184. The van der Waals surface area contributed by atoms with Crippen molar-refractivity contribution in [3.63, 3.8) is 0 Å². The maximum Gasteiger partial charge on any atom is 0.0468 e. The lowest BCUT2D eigenvalue weighted by molar-refractivity contribution is 1.27. The number of fused-ring (bicyclic) bond motifs is 6. The average Bonchev–Trinajstić information content (AvgIpc) is 3.11. The monoisotopic (exact) mass is 614 g/mol. The zero-order valence-electron chi connectivity index (χ0n) is 27.1. The summed E-state index contributed by atoms with van der Waals surface area (Å²) in [6.45, 7) is 4.30. The van der Waals surface area contributed by atoms with Crippen LogP contribution in [0.3, 0.4) is 0 Å². The van der Waals surface area contributed by atoms with E-state index in [1.54, 1.807) is 0 Å². The van der Waals surface area contributed by atoms with Crippen LogP contribution in [0.1, 0.15) is 11.1 Å². The topological polar surface area (TPSA) is 6.48 Å². The molecule has 2 nitrogen and oxygen atoms in total. The smallest absolute Gasteiger partial charge is 0.0468 e. The molecule has 0 radical (unpaired) electrons. The molecular formula is C46H34N2. The minimum atomic E-state index is 1.15. The van der Waals surface area contributed by atoms with Crippen molar-refractivity contribution in [3.05, 3.63) is 181 Å². The van der Waals surface area contributed by atoms with E-state index in [9.17, 15) is 0 Å². The molecule has 0 aliphatic heterocycles. The number of aryl methyl sites for hydroxylation is 2. The van der Waals surface area contributed by atoms with Gasteiger partial charge in [-0.25, -0.2) is 0 Å². The summed E-state index contributed by atoms with van der Waals surface area (Å²) >= 11 is 0. The van der Waals surface area contributed by atoms with Crippen molar-refractivity contribution in [1.29, 1.82) is 0 Å². The van der Waals surface area contributed by atoms with Crippen LogP contribution in [0.25, 0.3) is 43.8 Å². The lowest BCUT2D eigenvalue weighted by Crippen LogP contribution is -2.10. The molecule has 48 heavy (non-hydrogen) atoms. The van der Waals surface area contributed by atoms with Crippen molar-refractivity contribution in [2.45, 2.75) is 13.8 Å². The van der Waals surface area contributed by atoms with Gasteiger partial charge in [-0.15, -0.1) is 0 Å². The van der Waals surface area contributed by atoms with E-state index >= 15 is 0 Å². The van der Waals surface area contributed by atoms with Gasteiger partial charge in [-0.05, 0) is 166 Å². The molecule has 0 heterocycles. The number of anilines is 6. The molecule has 0 saturated carbocycles. The first kappa shape index (κ1) is 28.1. The Morgan fingerprint density at radius 1 is 0.271 bits per heavy atom. The summed E-state index contributed by atoms with van der Waals surface area (Å²) < 4.78 is 0. The molecule has 0 N–H and O–H groups in total. The van der Waals surface area contributed by atoms with Gasteiger partial charge in [0.25, 0.3) is 0 Å². The molecule has 1 aliphatic carbocycles. The van der Waals surface area contributed by atoms with Gasteiger partial charge in [-0.2, -0.15) is 0 Å². The fourth-order valence-corrected chi connectivity index (χ4v) is 7.26. The van der Waals surface area contributed by atoms with Gasteiger partial charge in [0.15, 0.2) is 0 Å². The molecule has 0 aromatic heterocycles. The summed E-state index contributed by atoms with van der Waals surface area (Å²) in [4.78, 5) is 4.70. The second-order valence-corrected chi connectivity index (χ2v) is 12.9. The van der Waals surface area contributed by atoms with Crippen molar-refractivity contribution in [2.24, 2.45) is 0 Å². The molecule has 1 aliphatic rings. The maximum absolute atomic E-state index is 2.38. The van der Waals surface area contributed by atoms with Crippen LogP contribution in [0.5, 0.6) is 0 Å². The van der Waals surface area contributed by atoms with Crippen molar-refractivity contribution in [3.8, 4) is 22.3 Å². The van der Waals surface area contributed by atoms with Gasteiger partial charge in [0.05, 0.1) is 0 Å². The highest BCUT2D eigenvalue weighted by atomic mass is 15.1. The fourth-order valence-electron chi connectivity index (χ4n) is 7.26. The predicted molar refractivity (Wildman–Crippen MR) is 205 cm³/mol. The molecule has 228 valence electrons. The van der Waals surface area contributed by atoms with Crippen LogP contribution in [-0.2, 0) is 0 Å². The molecule has 0 unspecified atom stereocenters. The van der Waals surface area contributed by atoms with Crippen molar-refractivity contribution in [2.75, 3.05) is 9.80 Å². The lowest BCUT2D eigenvalue weighted by Gasteiger charge is -2.28. The number of benzene rings is 8. The van der Waals surface area contributed by atoms with Crippen LogP contribution in [-0.4, -0.2) is 0 Å². The number of hydrogen-bond acceptors (Lipinski definition) is 2. The Hall–Kier alpha value is -6.12. The zero-order chi connectivity index (χ0) is 32.2. The average molecular weight is 615 g/mol. The number of hydrogen-bond donors (Lipinski definition) is 0. The van der Waals surface area contributed by atoms with Crippen molar-refractivity contribution < 1.29 is 0 Å². The van der Waals surface area contributed by atoms with E-state index < -0.39 is 0 Å². The molecule has 0 spiro atoms. The van der Waals surface area contributed by atoms with Gasteiger partial charge in [0.2, 0.25) is 0 Å². The Morgan fingerprint density at radius 2 is 0.625 bits per heavy atom. The summed E-state index contributed by atoms with van der Waals surface area (Å²) in [7, 11) is 0. The Morgan fingerprint density at radius 3 is 1.02 bits per heavy atom. The Bertz CT molecular complexity index is 2290. The minimum Gasteiger partial charge on any atom is -0.310 e. The van der Waals surface area contributed by atoms with E-state index in [1.165, 1.54) is 54.9 Å². The molecular weight excluding hydrogens is 581 g/mol. The Balaban J connectivity index is 1.11. The first-order chi connectivity index (χ1) is 23.6. The van der Waals surface area contributed by atoms with Gasteiger partial charge in [0, 0.05) is 34.1 Å². The molecule has 0 saturated heterocycles. The van der Waals surface area contributed by atoms with Gasteiger partial charge in [0.1, 0.15) is 0 Å². The third-order valence-electron chi connectivity index (χ3n) is 9.57. The Labute approximate surface area is 281 Å². The van der Waals surface area contributed by atoms with Crippen LogP contribution in [0.15, 0.2) is 170 Å².